The molecule has 0 radical (unpaired) electrons. The van der Waals surface area contributed by atoms with Gasteiger partial charge in [0.25, 0.3) is 5.91 Å². The van der Waals surface area contributed by atoms with E-state index in [4.69, 9.17) is 4.74 Å². The van der Waals surface area contributed by atoms with Crippen LogP contribution in [-0.4, -0.2) is 47.1 Å². The zero-order chi connectivity index (χ0) is 22.2. The largest absolute Gasteiger partial charge is 0.460 e. The number of esters is 1. The van der Waals surface area contributed by atoms with Crippen molar-refractivity contribution in [3.63, 3.8) is 0 Å². The molecule has 2 atom stereocenters. The van der Waals surface area contributed by atoms with Crippen molar-refractivity contribution >= 4 is 22.6 Å². The smallest absolute Gasteiger partial charge is 0.309 e. The van der Waals surface area contributed by atoms with E-state index in [1.807, 2.05) is 24.3 Å². The highest BCUT2D eigenvalue weighted by Crippen LogP contribution is 2.38. The Bertz CT molecular complexity index is 1050. The Hall–Kier alpha value is -2.51. The first-order chi connectivity index (χ1) is 15.6. The molecular weight excluding hydrogens is 411 g/mol. The van der Waals surface area contributed by atoms with Gasteiger partial charge < -0.3 is 20.1 Å². The van der Waals surface area contributed by atoms with Gasteiger partial charge in [0.05, 0.1) is 23.6 Å². The highest BCUT2D eigenvalue weighted by Gasteiger charge is 2.40. The van der Waals surface area contributed by atoms with Crippen LogP contribution in [0.1, 0.15) is 60.0 Å². The predicted octanol–water partition coefficient (Wildman–Crippen LogP) is 3.28. The van der Waals surface area contributed by atoms with Crippen molar-refractivity contribution in [1.82, 2.24) is 10.2 Å². The number of aliphatic hydroxyl groups is 1. The molecule has 6 nitrogen and oxygen atoms in total. The minimum Gasteiger partial charge on any atom is -0.460 e. The molecule has 7 heteroatoms. The second kappa shape index (κ2) is 8.79. The van der Waals surface area contributed by atoms with Crippen LogP contribution in [0.25, 0.3) is 10.8 Å². The number of nitrogens with zero attached hydrogens (tertiary/aromatic N) is 1. The van der Waals surface area contributed by atoms with E-state index in [9.17, 15) is 14.7 Å². The predicted molar refractivity (Wildman–Crippen MR) is 117 cm³/mol. The number of rotatable bonds is 4. The average molecular weight is 441 g/mol. The van der Waals surface area contributed by atoms with Crippen LogP contribution in [0.15, 0.2) is 24.3 Å². The van der Waals surface area contributed by atoms with Gasteiger partial charge in [-0.05, 0) is 55.1 Å². The minimum atomic E-state index is -0.602. The molecule has 1 amide bonds. The second-order valence-corrected chi connectivity index (χ2v) is 9.18. The molecule has 2 unspecified atom stereocenters. The molecule has 32 heavy (non-hydrogen) atoms. The summed E-state index contributed by atoms with van der Waals surface area (Å²) in [5.74, 6) is -1.46. The molecule has 2 N–H and O–H groups in total. The Morgan fingerprint density at radius 3 is 2.59 bits per heavy atom. The summed E-state index contributed by atoms with van der Waals surface area (Å²) >= 11 is 0. The summed E-state index contributed by atoms with van der Waals surface area (Å²) < 4.78 is 21.3. The molecule has 5 rings (SSSR count). The fourth-order valence-corrected chi connectivity index (χ4v) is 5.50. The van der Waals surface area contributed by atoms with Crippen molar-refractivity contribution in [2.45, 2.75) is 63.8 Å². The summed E-state index contributed by atoms with van der Waals surface area (Å²) in [5.41, 5.74) is 0.977. The van der Waals surface area contributed by atoms with E-state index in [1.165, 1.54) is 0 Å². The van der Waals surface area contributed by atoms with E-state index in [1.54, 1.807) is 4.90 Å². The molecule has 1 saturated heterocycles. The molecule has 1 saturated carbocycles. The first-order valence-corrected chi connectivity index (χ1v) is 11.6. The molecule has 2 aromatic carbocycles. The van der Waals surface area contributed by atoms with Crippen LogP contribution < -0.4 is 5.32 Å². The molecule has 170 valence electrons. The number of halogens is 1. The molecular formula is C25H29FN2O4. The van der Waals surface area contributed by atoms with Crippen molar-refractivity contribution in [1.29, 1.82) is 0 Å². The van der Waals surface area contributed by atoms with Gasteiger partial charge >= 0.3 is 5.97 Å². The first-order valence-electron chi connectivity index (χ1n) is 11.6. The quantitative estimate of drug-likeness (QED) is 0.714. The van der Waals surface area contributed by atoms with Gasteiger partial charge in [0.2, 0.25) is 0 Å². The Balaban J connectivity index is 1.47. The lowest BCUT2D eigenvalue weighted by molar-refractivity contribution is -0.150. The van der Waals surface area contributed by atoms with Crippen LogP contribution in [0.4, 0.5) is 4.39 Å². The summed E-state index contributed by atoms with van der Waals surface area (Å²) in [6, 6.07) is 7.11. The number of ether oxygens (including phenoxy) is 1. The van der Waals surface area contributed by atoms with E-state index in [-0.39, 0.29) is 41.6 Å². The Labute approximate surface area is 186 Å². The number of carbonyl (C=O) groups excluding carboxylic acids is 2. The van der Waals surface area contributed by atoms with Gasteiger partial charge in [0, 0.05) is 12.1 Å². The summed E-state index contributed by atoms with van der Waals surface area (Å²) in [7, 11) is 0. The van der Waals surface area contributed by atoms with Crippen molar-refractivity contribution in [3.05, 3.63) is 46.8 Å². The van der Waals surface area contributed by atoms with Crippen LogP contribution in [0.2, 0.25) is 0 Å². The number of piperidine rings is 1. The molecule has 2 aromatic rings. The van der Waals surface area contributed by atoms with Crippen LogP contribution in [0.3, 0.4) is 0 Å². The van der Waals surface area contributed by atoms with Crippen LogP contribution >= 0.6 is 0 Å². The topological polar surface area (TPSA) is 78.9 Å². The third kappa shape index (κ3) is 3.67. The zero-order valence-electron chi connectivity index (χ0n) is 18.1. The standard InChI is InChI=1S/C25H29FN2O4/c26-23-19(14-32-25(31)15-9-11-27-12-10-15)17-6-2-1-5-16(17)18-13-28(24(30)22(18)23)20-7-3-4-8-21(20)29/h1-2,5-6,15,20-21,27,29H,3-4,7-14H2. The highest BCUT2D eigenvalue weighted by molar-refractivity contribution is 6.06. The van der Waals surface area contributed by atoms with Gasteiger partial charge in [-0.1, -0.05) is 37.1 Å². The zero-order valence-corrected chi connectivity index (χ0v) is 18.1. The van der Waals surface area contributed by atoms with E-state index in [2.05, 4.69) is 5.32 Å². The lowest BCUT2D eigenvalue weighted by Crippen LogP contribution is -2.45. The van der Waals surface area contributed by atoms with Gasteiger partial charge in [-0.15, -0.1) is 0 Å². The molecule has 1 aliphatic carbocycles. The van der Waals surface area contributed by atoms with Crippen molar-refractivity contribution in [3.8, 4) is 0 Å². The van der Waals surface area contributed by atoms with Crippen LogP contribution in [0, 0.1) is 11.7 Å². The molecule has 2 fully saturated rings. The van der Waals surface area contributed by atoms with Gasteiger partial charge in [-0.3, -0.25) is 9.59 Å². The number of benzene rings is 2. The van der Waals surface area contributed by atoms with E-state index >= 15 is 4.39 Å². The Kier molecular flexibility index (Phi) is 5.86. The third-order valence-corrected chi connectivity index (χ3v) is 7.29. The number of fused-ring (bicyclic) bond motifs is 3. The molecule has 0 bridgehead atoms. The molecule has 2 aliphatic heterocycles. The fourth-order valence-electron chi connectivity index (χ4n) is 5.50. The number of carbonyl (C=O) groups is 2. The monoisotopic (exact) mass is 440 g/mol. The molecule has 2 heterocycles. The maximum atomic E-state index is 15.8. The van der Waals surface area contributed by atoms with Crippen molar-refractivity contribution < 1.29 is 23.8 Å². The Morgan fingerprint density at radius 1 is 1.12 bits per heavy atom. The number of hydrogen-bond donors (Lipinski definition) is 2. The van der Waals surface area contributed by atoms with E-state index in [0.29, 0.717) is 36.8 Å². The lowest BCUT2D eigenvalue weighted by atomic mass is 9.91. The van der Waals surface area contributed by atoms with E-state index < -0.39 is 11.9 Å². The molecule has 3 aliphatic rings. The highest BCUT2D eigenvalue weighted by atomic mass is 19.1. The summed E-state index contributed by atoms with van der Waals surface area (Å²) in [4.78, 5) is 27.5. The molecule has 0 aromatic heterocycles. The number of nitrogens with one attached hydrogen (secondary N) is 1. The molecule has 0 spiro atoms. The third-order valence-electron chi connectivity index (χ3n) is 7.29. The van der Waals surface area contributed by atoms with Gasteiger partial charge in [0.1, 0.15) is 12.4 Å². The number of aliphatic hydroxyl groups excluding tert-OH is 1. The van der Waals surface area contributed by atoms with Gasteiger partial charge in [0.15, 0.2) is 0 Å². The second-order valence-electron chi connectivity index (χ2n) is 9.18. The normalized spacial score (nSPS) is 24.1. The fraction of sp³-hybridized carbons (Fsp3) is 0.520. The van der Waals surface area contributed by atoms with Crippen molar-refractivity contribution in [2.24, 2.45) is 5.92 Å². The van der Waals surface area contributed by atoms with Crippen molar-refractivity contribution in [2.75, 3.05) is 13.1 Å². The summed E-state index contributed by atoms with van der Waals surface area (Å²) in [6.07, 6.45) is 4.11. The maximum Gasteiger partial charge on any atom is 0.309 e. The van der Waals surface area contributed by atoms with Crippen LogP contribution in [-0.2, 0) is 22.7 Å². The van der Waals surface area contributed by atoms with E-state index in [0.717, 1.165) is 37.7 Å². The average Bonchev–Trinajstić information content (AvgIpc) is 3.17. The van der Waals surface area contributed by atoms with Crippen LogP contribution in [0.5, 0.6) is 0 Å². The maximum absolute atomic E-state index is 15.8. The van der Waals surface area contributed by atoms with Gasteiger partial charge in [-0.2, -0.15) is 0 Å². The number of amides is 1. The van der Waals surface area contributed by atoms with Gasteiger partial charge in [-0.25, -0.2) is 4.39 Å². The Morgan fingerprint density at radius 2 is 1.84 bits per heavy atom. The number of hydrogen-bond acceptors (Lipinski definition) is 5. The summed E-state index contributed by atoms with van der Waals surface area (Å²) in [5, 5.41) is 15.2. The summed E-state index contributed by atoms with van der Waals surface area (Å²) in [6.45, 7) is 1.64. The minimum absolute atomic E-state index is 0.0642. The SMILES string of the molecule is O=C(OCc1c(F)c2c(c3ccccc13)CN(C1CCCCC1O)C2=O)C1CCNCC1. The first kappa shape index (κ1) is 21.3. The lowest BCUT2D eigenvalue weighted by Gasteiger charge is -2.35.